The van der Waals surface area contributed by atoms with E-state index < -0.39 is 26.1 Å². The number of rotatable bonds is 17. The summed E-state index contributed by atoms with van der Waals surface area (Å²) in [6.07, 6.45) is 0.160. The highest BCUT2D eigenvalue weighted by molar-refractivity contribution is 7.47. The van der Waals surface area contributed by atoms with E-state index in [4.69, 9.17) is 13.8 Å². The number of ketones is 1. The van der Waals surface area contributed by atoms with E-state index in [0.29, 0.717) is 25.8 Å². The van der Waals surface area contributed by atoms with Gasteiger partial charge in [0.25, 0.3) is 0 Å². The van der Waals surface area contributed by atoms with Crippen molar-refractivity contribution in [3.8, 4) is 0 Å². The normalized spacial score (nSPS) is 24.9. The number of Topliss-reactive ketones (excluding diaryl/α,β-unsaturated/α-hetero) is 1. The zero-order valence-corrected chi connectivity index (χ0v) is 25.8. The molecule has 5 atom stereocenters. The lowest BCUT2D eigenvalue weighted by Crippen LogP contribution is -2.40. The van der Waals surface area contributed by atoms with Crippen LogP contribution in [0.25, 0.3) is 0 Å². The van der Waals surface area contributed by atoms with Crippen LogP contribution in [-0.4, -0.2) is 107 Å². The van der Waals surface area contributed by atoms with Crippen molar-refractivity contribution in [3.05, 3.63) is 0 Å². The molecular weight excluding hydrogens is 541 g/mol. The van der Waals surface area contributed by atoms with Crippen LogP contribution in [0.1, 0.15) is 80.1 Å². The van der Waals surface area contributed by atoms with Crippen LogP contribution >= 0.6 is 7.82 Å². The number of ether oxygens (including phenoxy) is 1. The molecule has 2 rings (SSSR count). The van der Waals surface area contributed by atoms with Crippen molar-refractivity contribution in [1.82, 2.24) is 15.1 Å². The molecule has 2 aliphatic rings. The van der Waals surface area contributed by atoms with Crippen LogP contribution in [0.3, 0.4) is 0 Å². The molecule has 12 nitrogen and oxygen atoms in total. The molecule has 0 spiro atoms. The highest BCUT2D eigenvalue weighted by atomic mass is 31.2. The number of nitrogens with zero attached hydrogens (tertiary/aromatic N) is 2. The minimum Gasteiger partial charge on any atom is -0.391 e. The first-order chi connectivity index (χ1) is 18.7. The second kappa shape index (κ2) is 16.3. The fourth-order valence-electron chi connectivity index (χ4n) is 4.93. The van der Waals surface area contributed by atoms with E-state index >= 15 is 0 Å². The van der Waals surface area contributed by atoms with Gasteiger partial charge < -0.3 is 29.9 Å². The zero-order chi connectivity index (χ0) is 30.0. The average molecular weight is 592 g/mol. The van der Waals surface area contributed by atoms with Crippen LogP contribution in [0.5, 0.6) is 0 Å². The third-order valence-electron chi connectivity index (χ3n) is 7.09. The first-order valence-corrected chi connectivity index (χ1v) is 16.0. The van der Waals surface area contributed by atoms with E-state index in [-0.39, 0.29) is 87.3 Å². The maximum atomic E-state index is 12.9. The van der Waals surface area contributed by atoms with Crippen LogP contribution in [0.4, 0.5) is 0 Å². The number of carbonyl (C=O) groups is 3. The van der Waals surface area contributed by atoms with Crippen molar-refractivity contribution in [2.75, 3.05) is 32.8 Å². The minimum atomic E-state index is -4.53. The van der Waals surface area contributed by atoms with Crippen molar-refractivity contribution in [2.24, 2.45) is 5.92 Å². The van der Waals surface area contributed by atoms with Gasteiger partial charge in [-0.25, -0.2) is 4.57 Å². The summed E-state index contributed by atoms with van der Waals surface area (Å²) in [5, 5.41) is 13.4. The summed E-state index contributed by atoms with van der Waals surface area (Å²) >= 11 is 0. The van der Waals surface area contributed by atoms with Gasteiger partial charge in [0.05, 0.1) is 43.6 Å². The number of amides is 2. The van der Waals surface area contributed by atoms with Crippen molar-refractivity contribution < 1.29 is 42.7 Å². The molecule has 2 aliphatic heterocycles. The summed E-state index contributed by atoms with van der Waals surface area (Å²) in [7, 11) is -4.53. The van der Waals surface area contributed by atoms with Crippen molar-refractivity contribution in [3.63, 3.8) is 0 Å². The molecule has 0 bridgehead atoms. The number of nitrogens with one attached hydrogen (secondary N) is 1. The van der Waals surface area contributed by atoms with E-state index in [0.717, 1.165) is 0 Å². The molecule has 0 aromatic carbocycles. The van der Waals surface area contributed by atoms with Crippen molar-refractivity contribution in [1.29, 1.82) is 0 Å². The predicted molar refractivity (Wildman–Crippen MR) is 149 cm³/mol. The van der Waals surface area contributed by atoms with Gasteiger partial charge in [0.1, 0.15) is 5.78 Å². The molecule has 40 heavy (non-hydrogen) atoms. The Bertz CT molecular complexity index is 885. The van der Waals surface area contributed by atoms with E-state index in [1.165, 1.54) is 4.90 Å². The fraction of sp³-hybridized carbons (Fsp3) is 0.889. The van der Waals surface area contributed by atoms with Gasteiger partial charge in [-0.2, -0.15) is 0 Å². The summed E-state index contributed by atoms with van der Waals surface area (Å²) in [6, 6.07) is -0.629. The molecule has 0 aromatic rings. The molecule has 0 saturated carbocycles. The summed E-state index contributed by atoms with van der Waals surface area (Å²) in [4.78, 5) is 51.1. The fourth-order valence-corrected chi connectivity index (χ4v) is 5.88. The second-order valence-corrected chi connectivity index (χ2v) is 13.1. The van der Waals surface area contributed by atoms with Crippen LogP contribution in [0, 0.1) is 5.92 Å². The van der Waals surface area contributed by atoms with Gasteiger partial charge >= 0.3 is 7.82 Å². The van der Waals surface area contributed by atoms with Crippen molar-refractivity contribution in [2.45, 2.75) is 117 Å². The third kappa shape index (κ3) is 11.8. The lowest BCUT2D eigenvalue weighted by molar-refractivity contribution is -0.134. The molecule has 2 fully saturated rings. The van der Waals surface area contributed by atoms with Gasteiger partial charge in [-0.05, 0) is 33.1 Å². The van der Waals surface area contributed by atoms with Crippen molar-refractivity contribution >= 4 is 25.4 Å². The average Bonchev–Trinajstić information content (AvgIpc) is 3.43. The largest absolute Gasteiger partial charge is 0.472 e. The Labute approximate surface area is 238 Å². The SMILES string of the molecule is CC(C)NCCC(=O)N1CC(OP(=O)(O)OC[C@@H]2C[C@@H](O)CN2C(=O)CCCC(=O)C(C)C)C[C@H]1COC(C)C. The Morgan fingerprint density at radius 1 is 0.925 bits per heavy atom. The molecule has 13 heteroatoms. The van der Waals surface area contributed by atoms with E-state index in [9.17, 15) is 28.9 Å². The summed E-state index contributed by atoms with van der Waals surface area (Å²) < 4.78 is 29.3. The first-order valence-electron chi connectivity index (χ1n) is 14.5. The van der Waals surface area contributed by atoms with Crippen LogP contribution in [0.15, 0.2) is 0 Å². The van der Waals surface area contributed by atoms with Gasteiger partial charge in [0.15, 0.2) is 0 Å². The molecule has 2 saturated heterocycles. The number of likely N-dealkylation sites (tertiary alicyclic amines) is 2. The molecular formula is C27H50N3O9P. The Hall–Kier alpha value is -1.40. The van der Waals surface area contributed by atoms with Gasteiger partial charge in [0.2, 0.25) is 11.8 Å². The van der Waals surface area contributed by atoms with Gasteiger partial charge in [-0.3, -0.25) is 23.4 Å². The number of aliphatic hydroxyl groups excluding tert-OH is 1. The first kappa shape index (κ1) is 34.8. The predicted octanol–water partition coefficient (Wildman–Crippen LogP) is 2.26. The Morgan fingerprint density at radius 3 is 2.17 bits per heavy atom. The second-order valence-electron chi connectivity index (χ2n) is 11.7. The molecule has 0 aromatic heterocycles. The monoisotopic (exact) mass is 591 g/mol. The molecule has 3 N–H and O–H groups in total. The minimum absolute atomic E-state index is 0.0325. The van der Waals surface area contributed by atoms with Crippen LogP contribution in [-0.2, 0) is 32.7 Å². The Balaban J connectivity index is 1.92. The number of β-amino-alcohol motifs (C(OH)–C–C–N with tert-alkyl or cyclic N) is 1. The standard InChI is InChI=1S/C27H50N3O9P/c1-18(2)25(32)8-7-9-26(33)29-14-23(31)12-21(29)17-38-40(35,36)39-24-13-22(16-37-20(5)6)30(15-24)27(34)10-11-28-19(3)4/h18-24,28,31H,7-17H2,1-6H3,(H,35,36)/t21-,22-,23+,24?/m0/s1. The topological polar surface area (TPSA) is 155 Å². The maximum absolute atomic E-state index is 12.9. The lowest BCUT2D eigenvalue weighted by Gasteiger charge is -2.26. The molecule has 2 amide bonds. The van der Waals surface area contributed by atoms with Gasteiger partial charge in [-0.1, -0.05) is 27.7 Å². The molecule has 232 valence electrons. The molecule has 2 heterocycles. The van der Waals surface area contributed by atoms with E-state index in [2.05, 4.69) is 5.32 Å². The quantitative estimate of drug-likeness (QED) is 0.215. The van der Waals surface area contributed by atoms with Gasteiger partial charge in [0, 0.05) is 50.9 Å². The smallest absolute Gasteiger partial charge is 0.391 e. The van der Waals surface area contributed by atoms with E-state index in [1.807, 2.05) is 41.5 Å². The van der Waals surface area contributed by atoms with Crippen LogP contribution < -0.4 is 5.32 Å². The summed E-state index contributed by atoms with van der Waals surface area (Å²) in [6.45, 7) is 12.2. The van der Waals surface area contributed by atoms with Crippen LogP contribution in [0.2, 0.25) is 0 Å². The molecule has 0 aliphatic carbocycles. The number of aliphatic hydroxyl groups is 1. The number of hydrogen-bond acceptors (Lipinski definition) is 9. The number of carbonyl (C=O) groups excluding carboxylic acids is 3. The molecule has 0 radical (unpaired) electrons. The number of phosphoric ester groups is 1. The zero-order valence-electron chi connectivity index (χ0n) is 24.9. The highest BCUT2D eigenvalue weighted by Crippen LogP contribution is 2.47. The summed E-state index contributed by atoms with van der Waals surface area (Å²) in [5.74, 6) is -0.326. The Morgan fingerprint density at radius 2 is 1.55 bits per heavy atom. The third-order valence-corrected chi connectivity index (χ3v) is 8.13. The molecule has 2 unspecified atom stereocenters. The summed E-state index contributed by atoms with van der Waals surface area (Å²) in [5.41, 5.74) is 0. The number of hydrogen-bond donors (Lipinski definition) is 3. The lowest BCUT2D eigenvalue weighted by atomic mass is 10.0. The Kier molecular flexibility index (Phi) is 14.2. The maximum Gasteiger partial charge on any atom is 0.472 e. The van der Waals surface area contributed by atoms with E-state index in [1.54, 1.807) is 4.90 Å². The number of phosphoric acid groups is 1. The van der Waals surface area contributed by atoms with Gasteiger partial charge in [-0.15, -0.1) is 0 Å². The highest BCUT2D eigenvalue weighted by Gasteiger charge is 2.41.